The van der Waals surface area contributed by atoms with Crippen molar-refractivity contribution in [1.82, 2.24) is 0 Å². The molecule has 0 fully saturated rings. The van der Waals surface area contributed by atoms with Gasteiger partial charge in [-0.2, -0.15) is 0 Å². The summed E-state index contributed by atoms with van der Waals surface area (Å²) in [6.07, 6.45) is 24.5. The molecule has 0 amide bonds. The summed E-state index contributed by atoms with van der Waals surface area (Å²) < 4.78 is 0. The molecular formula is C13H16. The molecule has 0 unspecified atom stereocenters. The van der Waals surface area contributed by atoms with Gasteiger partial charge in [0.25, 0.3) is 0 Å². The minimum absolute atomic E-state index is 1.04. The maximum atomic E-state index is 2.24. The Hall–Kier alpha value is -1.30. The van der Waals surface area contributed by atoms with Crippen LogP contribution in [0.15, 0.2) is 60.8 Å². The monoisotopic (exact) mass is 172 g/mol. The van der Waals surface area contributed by atoms with E-state index in [9.17, 15) is 0 Å². The molecule has 13 heavy (non-hydrogen) atoms. The Morgan fingerprint density at radius 3 is 1.92 bits per heavy atom. The molecule has 0 saturated heterocycles. The zero-order chi connectivity index (χ0) is 9.19. The quantitative estimate of drug-likeness (QED) is 0.485. The minimum Gasteiger partial charge on any atom is -0.0879 e. The van der Waals surface area contributed by atoms with Crippen LogP contribution in [0.2, 0.25) is 0 Å². The molecule has 1 rings (SSSR count). The van der Waals surface area contributed by atoms with Gasteiger partial charge in [0.05, 0.1) is 0 Å². The van der Waals surface area contributed by atoms with E-state index in [4.69, 9.17) is 0 Å². The fourth-order valence-corrected chi connectivity index (χ4v) is 1.07. The van der Waals surface area contributed by atoms with Gasteiger partial charge in [-0.3, -0.25) is 0 Å². The second-order valence-corrected chi connectivity index (χ2v) is 2.91. The SMILES string of the molecule is C1=C/C=C\C=C\CC/C=C/CC=C1. The summed E-state index contributed by atoms with van der Waals surface area (Å²) in [6, 6.07) is 0. The number of rotatable bonds is 0. The third kappa shape index (κ3) is 5.92. The predicted molar refractivity (Wildman–Crippen MR) is 59.6 cm³/mol. The highest BCUT2D eigenvalue weighted by atomic mass is 13.8. The van der Waals surface area contributed by atoms with Gasteiger partial charge in [0, 0.05) is 0 Å². The van der Waals surface area contributed by atoms with Crippen molar-refractivity contribution in [2.75, 3.05) is 0 Å². The van der Waals surface area contributed by atoms with Crippen molar-refractivity contribution in [3.8, 4) is 0 Å². The maximum absolute atomic E-state index is 2.24. The Kier molecular flexibility index (Phi) is 5.54. The van der Waals surface area contributed by atoms with Crippen LogP contribution in [0.3, 0.4) is 0 Å². The van der Waals surface area contributed by atoms with Gasteiger partial charge in [-0.15, -0.1) is 0 Å². The molecule has 0 aromatic carbocycles. The average molecular weight is 172 g/mol. The number of allylic oxidation sites excluding steroid dienone is 10. The molecule has 0 heteroatoms. The second kappa shape index (κ2) is 7.35. The molecule has 0 spiro atoms. The highest BCUT2D eigenvalue weighted by molar-refractivity contribution is 5.16. The molecule has 1 aliphatic rings. The van der Waals surface area contributed by atoms with Gasteiger partial charge in [0.15, 0.2) is 0 Å². The molecule has 0 atom stereocenters. The second-order valence-electron chi connectivity index (χ2n) is 2.91. The number of hydrogen-bond acceptors (Lipinski definition) is 0. The van der Waals surface area contributed by atoms with E-state index in [1.165, 1.54) is 0 Å². The van der Waals surface area contributed by atoms with E-state index in [1.54, 1.807) is 0 Å². The van der Waals surface area contributed by atoms with Gasteiger partial charge in [-0.05, 0) is 19.3 Å². The van der Waals surface area contributed by atoms with Crippen molar-refractivity contribution in [3.05, 3.63) is 60.8 Å². The van der Waals surface area contributed by atoms with Gasteiger partial charge in [-0.1, -0.05) is 60.8 Å². The summed E-state index contributed by atoms with van der Waals surface area (Å²) in [5.41, 5.74) is 0. The maximum Gasteiger partial charge on any atom is -0.0166 e. The molecule has 0 aromatic heterocycles. The Labute approximate surface area is 80.7 Å². The zero-order valence-corrected chi connectivity index (χ0v) is 7.89. The van der Waals surface area contributed by atoms with E-state index in [2.05, 4.69) is 48.6 Å². The molecule has 0 aliphatic heterocycles. The number of hydrogen-bond donors (Lipinski definition) is 0. The van der Waals surface area contributed by atoms with Crippen molar-refractivity contribution >= 4 is 0 Å². The summed E-state index contributed by atoms with van der Waals surface area (Å²) in [6.45, 7) is 0. The molecule has 0 nitrogen and oxygen atoms in total. The van der Waals surface area contributed by atoms with Crippen molar-refractivity contribution in [3.63, 3.8) is 0 Å². The Morgan fingerprint density at radius 1 is 0.462 bits per heavy atom. The van der Waals surface area contributed by atoms with Crippen LogP contribution in [0, 0.1) is 0 Å². The largest absolute Gasteiger partial charge is 0.0879 e. The van der Waals surface area contributed by atoms with Gasteiger partial charge >= 0.3 is 0 Å². The van der Waals surface area contributed by atoms with E-state index in [0.29, 0.717) is 0 Å². The molecule has 1 aliphatic carbocycles. The fourth-order valence-electron chi connectivity index (χ4n) is 1.07. The van der Waals surface area contributed by atoms with Crippen LogP contribution in [0.1, 0.15) is 19.3 Å². The van der Waals surface area contributed by atoms with Gasteiger partial charge in [0.2, 0.25) is 0 Å². The topological polar surface area (TPSA) is 0 Å². The summed E-state index contributed by atoms with van der Waals surface area (Å²) >= 11 is 0. The van der Waals surface area contributed by atoms with Gasteiger partial charge < -0.3 is 0 Å². The van der Waals surface area contributed by atoms with Crippen LogP contribution < -0.4 is 0 Å². The molecule has 0 heterocycles. The predicted octanol–water partition coefficient (Wildman–Crippen LogP) is 3.95. The lowest BCUT2D eigenvalue weighted by atomic mass is 10.2. The van der Waals surface area contributed by atoms with E-state index >= 15 is 0 Å². The molecule has 0 N–H and O–H groups in total. The van der Waals surface area contributed by atoms with Crippen LogP contribution in [0.4, 0.5) is 0 Å². The third-order valence-electron chi connectivity index (χ3n) is 1.77. The smallest absolute Gasteiger partial charge is 0.0166 e. The summed E-state index contributed by atoms with van der Waals surface area (Å²) in [4.78, 5) is 0. The van der Waals surface area contributed by atoms with Crippen molar-refractivity contribution in [2.24, 2.45) is 0 Å². The van der Waals surface area contributed by atoms with Crippen molar-refractivity contribution in [2.45, 2.75) is 19.3 Å². The summed E-state index contributed by atoms with van der Waals surface area (Å²) in [5.74, 6) is 0. The molecular weight excluding hydrogens is 156 g/mol. The van der Waals surface area contributed by atoms with Crippen molar-refractivity contribution in [1.29, 1.82) is 0 Å². The Balaban J connectivity index is 2.50. The average Bonchev–Trinajstić information content (AvgIpc) is 2.18. The third-order valence-corrected chi connectivity index (χ3v) is 1.77. The fraction of sp³-hybridized carbons (Fsp3) is 0.231. The first kappa shape index (κ1) is 9.79. The molecule has 0 bridgehead atoms. The van der Waals surface area contributed by atoms with E-state index in [0.717, 1.165) is 19.3 Å². The molecule has 68 valence electrons. The minimum atomic E-state index is 1.04. The standard InChI is InChI=1S/C13H16/c1-2-4-6-8-10-12-13-11-9-7-5-3-1/h1-8,11,13H,9-10,12H2/b3-1?,4-2-,7-5?,8-6+,13-11+. The highest BCUT2D eigenvalue weighted by Crippen LogP contribution is 1.96. The van der Waals surface area contributed by atoms with Crippen LogP contribution in [0.5, 0.6) is 0 Å². The van der Waals surface area contributed by atoms with E-state index in [1.807, 2.05) is 12.2 Å². The van der Waals surface area contributed by atoms with Crippen LogP contribution in [-0.4, -0.2) is 0 Å². The van der Waals surface area contributed by atoms with Crippen LogP contribution in [0.25, 0.3) is 0 Å². The first-order valence-corrected chi connectivity index (χ1v) is 4.80. The normalized spacial score (nSPS) is 25.2. The van der Waals surface area contributed by atoms with Crippen LogP contribution in [-0.2, 0) is 0 Å². The van der Waals surface area contributed by atoms with Crippen molar-refractivity contribution < 1.29 is 0 Å². The lowest BCUT2D eigenvalue weighted by Crippen LogP contribution is -1.64. The lowest BCUT2D eigenvalue weighted by Gasteiger charge is -1.84. The highest BCUT2D eigenvalue weighted by Gasteiger charge is 1.76. The first-order valence-electron chi connectivity index (χ1n) is 4.80. The zero-order valence-electron chi connectivity index (χ0n) is 7.89. The summed E-state index contributed by atoms with van der Waals surface area (Å²) in [7, 11) is 0. The molecule has 0 aromatic rings. The van der Waals surface area contributed by atoms with Gasteiger partial charge in [-0.25, -0.2) is 0 Å². The Bertz CT molecular complexity index is 249. The van der Waals surface area contributed by atoms with Crippen LogP contribution >= 0.6 is 0 Å². The van der Waals surface area contributed by atoms with Gasteiger partial charge in [0.1, 0.15) is 0 Å². The van der Waals surface area contributed by atoms with E-state index in [-0.39, 0.29) is 0 Å². The lowest BCUT2D eigenvalue weighted by molar-refractivity contribution is 1.04. The van der Waals surface area contributed by atoms with E-state index < -0.39 is 0 Å². The molecule has 0 saturated carbocycles. The molecule has 0 radical (unpaired) electrons. The first-order chi connectivity index (χ1) is 6.50. The summed E-state index contributed by atoms with van der Waals surface area (Å²) in [5, 5.41) is 0. The Morgan fingerprint density at radius 2 is 1.08 bits per heavy atom.